The second-order valence-corrected chi connectivity index (χ2v) is 6.55. The summed E-state index contributed by atoms with van der Waals surface area (Å²) in [6, 6.07) is 13.8. The Morgan fingerprint density at radius 1 is 1.07 bits per heavy atom. The van der Waals surface area contributed by atoms with Crippen LogP contribution in [0.3, 0.4) is 0 Å². The van der Waals surface area contributed by atoms with Gasteiger partial charge < -0.3 is 14.6 Å². The molecule has 7 heteroatoms. The topological polar surface area (TPSA) is 43.3 Å². The molecule has 1 heterocycles. The summed E-state index contributed by atoms with van der Waals surface area (Å²) < 4.78 is 47.1. The number of amides is 1. The van der Waals surface area contributed by atoms with Gasteiger partial charge in [-0.2, -0.15) is 13.2 Å². The summed E-state index contributed by atoms with van der Waals surface area (Å²) in [4.78, 5) is 12.7. The Labute approximate surface area is 166 Å². The van der Waals surface area contributed by atoms with Gasteiger partial charge in [-0.1, -0.05) is 12.1 Å². The van der Waals surface area contributed by atoms with Crippen molar-refractivity contribution in [2.75, 3.05) is 11.9 Å². The van der Waals surface area contributed by atoms with Crippen LogP contribution in [0.15, 0.2) is 54.6 Å². The van der Waals surface area contributed by atoms with E-state index in [1.54, 1.807) is 50.2 Å². The fourth-order valence-corrected chi connectivity index (χ4v) is 3.27. The lowest BCUT2D eigenvalue weighted by Gasteiger charge is -2.16. The van der Waals surface area contributed by atoms with E-state index in [9.17, 15) is 18.0 Å². The van der Waals surface area contributed by atoms with Crippen molar-refractivity contribution >= 4 is 11.6 Å². The lowest BCUT2D eigenvalue weighted by Crippen LogP contribution is -2.14. The zero-order valence-corrected chi connectivity index (χ0v) is 16.3. The van der Waals surface area contributed by atoms with Crippen molar-refractivity contribution in [3.8, 4) is 11.4 Å². The monoisotopic (exact) mass is 402 g/mol. The molecule has 0 atom stereocenters. The van der Waals surface area contributed by atoms with Gasteiger partial charge in [0.05, 0.1) is 23.4 Å². The number of ether oxygens (including phenoxy) is 1. The molecule has 0 bridgehead atoms. The van der Waals surface area contributed by atoms with E-state index in [-0.39, 0.29) is 5.69 Å². The fourth-order valence-electron chi connectivity index (χ4n) is 3.27. The van der Waals surface area contributed by atoms with Crippen molar-refractivity contribution in [1.82, 2.24) is 4.57 Å². The largest absolute Gasteiger partial charge is 0.494 e. The SMILES string of the molecule is CCOc1ccc(NC(=O)c2cc(C)n(-c3ccccc3C(F)(F)F)c2C)cc1. The number of hydrogen-bond donors (Lipinski definition) is 1. The lowest BCUT2D eigenvalue weighted by atomic mass is 10.1. The molecule has 0 aliphatic heterocycles. The predicted octanol–water partition coefficient (Wildman–Crippen LogP) is 5.76. The number of carbonyl (C=O) groups excluding carboxylic acids is 1. The van der Waals surface area contributed by atoms with Crippen molar-refractivity contribution in [1.29, 1.82) is 0 Å². The van der Waals surface area contributed by atoms with Crippen LogP contribution in [-0.2, 0) is 6.18 Å². The minimum atomic E-state index is -4.50. The van der Waals surface area contributed by atoms with E-state index >= 15 is 0 Å². The van der Waals surface area contributed by atoms with Crippen LogP contribution in [0.2, 0.25) is 0 Å². The van der Waals surface area contributed by atoms with Crippen LogP contribution in [0, 0.1) is 13.8 Å². The zero-order chi connectivity index (χ0) is 21.2. The summed E-state index contributed by atoms with van der Waals surface area (Å²) in [5.74, 6) is 0.297. The first-order valence-corrected chi connectivity index (χ1v) is 9.12. The standard InChI is InChI=1S/C22H21F3N2O2/c1-4-29-17-11-9-16(10-12-17)26-21(28)18-13-14(2)27(15(18)3)20-8-6-5-7-19(20)22(23,24)25/h5-13H,4H2,1-3H3,(H,26,28). The van der Waals surface area contributed by atoms with Crippen molar-refractivity contribution in [2.24, 2.45) is 0 Å². The van der Waals surface area contributed by atoms with E-state index in [1.807, 2.05) is 6.92 Å². The molecule has 3 rings (SSSR count). The summed E-state index contributed by atoms with van der Waals surface area (Å²) >= 11 is 0. The molecule has 29 heavy (non-hydrogen) atoms. The summed E-state index contributed by atoms with van der Waals surface area (Å²) in [6.07, 6.45) is -4.50. The van der Waals surface area contributed by atoms with Crippen molar-refractivity contribution in [2.45, 2.75) is 26.9 Å². The molecule has 2 aromatic carbocycles. The molecule has 1 amide bonds. The highest BCUT2D eigenvalue weighted by atomic mass is 19.4. The quantitative estimate of drug-likeness (QED) is 0.589. The first kappa shape index (κ1) is 20.5. The number of halogens is 3. The number of carbonyl (C=O) groups is 1. The van der Waals surface area contributed by atoms with Gasteiger partial charge in [0.1, 0.15) is 5.75 Å². The molecule has 0 aliphatic carbocycles. The Bertz CT molecular complexity index is 1020. The molecule has 0 unspecified atom stereocenters. The van der Waals surface area contributed by atoms with E-state index in [1.165, 1.54) is 16.7 Å². The molecular formula is C22H21F3N2O2. The van der Waals surface area contributed by atoms with Gasteiger partial charge in [-0.15, -0.1) is 0 Å². The van der Waals surface area contributed by atoms with Gasteiger partial charge in [0, 0.05) is 17.1 Å². The van der Waals surface area contributed by atoms with Crippen LogP contribution in [0.1, 0.15) is 34.2 Å². The summed E-state index contributed by atoms with van der Waals surface area (Å²) in [5, 5.41) is 2.78. The van der Waals surface area contributed by atoms with Gasteiger partial charge in [-0.3, -0.25) is 4.79 Å². The van der Waals surface area contributed by atoms with Gasteiger partial charge in [-0.05, 0) is 63.2 Å². The number of nitrogens with one attached hydrogen (secondary N) is 1. The first-order chi connectivity index (χ1) is 13.7. The molecule has 152 valence electrons. The zero-order valence-electron chi connectivity index (χ0n) is 16.3. The molecule has 0 saturated heterocycles. The fraction of sp³-hybridized carbons (Fsp3) is 0.227. The number of rotatable bonds is 5. The first-order valence-electron chi connectivity index (χ1n) is 9.12. The Hall–Kier alpha value is -3.22. The van der Waals surface area contributed by atoms with Crippen LogP contribution in [0.25, 0.3) is 5.69 Å². The number of nitrogens with zero attached hydrogens (tertiary/aromatic N) is 1. The molecular weight excluding hydrogens is 381 g/mol. The van der Waals surface area contributed by atoms with Crippen LogP contribution in [0.5, 0.6) is 5.75 Å². The van der Waals surface area contributed by atoms with E-state index in [0.717, 1.165) is 6.07 Å². The average Bonchev–Trinajstić information content (AvgIpc) is 2.97. The Balaban J connectivity index is 1.93. The molecule has 1 N–H and O–H groups in total. The third-order valence-corrected chi connectivity index (χ3v) is 4.55. The summed E-state index contributed by atoms with van der Waals surface area (Å²) in [7, 11) is 0. The summed E-state index contributed by atoms with van der Waals surface area (Å²) in [5.41, 5.74) is 1.10. The van der Waals surface area contributed by atoms with Gasteiger partial charge in [0.25, 0.3) is 5.91 Å². The predicted molar refractivity (Wildman–Crippen MR) is 106 cm³/mol. The second-order valence-electron chi connectivity index (χ2n) is 6.55. The number of alkyl halides is 3. The van der Waals surface area contributed by atoms with E-state index in [4.69, 9.17) is 4.74 Å². The number of anilines is 1. The van der Waals surface area contributed by atoms with Gasteiger partial charge in [-0.25, -0.2) is 0 Å². The highest BCUT2D eigenvalue weighted by Crippen LogP contribution is 2.35. The molecule has 0 spiro atoms. The van der Waals surface area contributed by atoms with Gasteiger partial charge >= 0.3 is 6.18 Å². The van der Waals surface area contributed by atoms with Crippen LogP contribution >= 0.6 is 0 Å². The minimum absolute atomic E-state index is 0.00452. The van der Waals surface area contributed by atoms with E-state index < -0.39 is 17.6 Å². The highest BCUT2D eigenvalue weighted by Gasteiger charge is 2.34. The Kier molecular flexibility index (Phi) is 5.68. The van der Waals surface area contributed by atoms with E-state index in [0.29, 0.717) is 35.0 Å². The van der Waals surface area contributed by atoms with Crippen LogP contribution < -0.4 is 10.1 Å². The van der Waals surface area contributed by atoms with Gasteiger partial charge in [0.15, 0.2) is 0 Å². The van der Waals surface area contributed by atoms with Crippen molar-refractivity contribution in [3.63, 3.8) is 0 Å². The molecule has 0 fully saturated rings. The molecule has 0 radical (unpaired) electrons. The minimum Gasteiger partial charge on any atom is -0.494 e. The lowest BCUT2D eigenvalue weighted by molar-refractivity contribution is -0.137. The number of aryl methyl sites for hydroxylation is 1. The van der Waals surface area contributed by atoms with Crippen molar-refractivity contribution in [3.05, 3.63) is 77.1 Å². The van der Waals surface area contributed by atoms with E-state index in [2.05, 4.69) is 5.32 Å². The maximum atomic E-state index is 13.4. The molecule has 1 aromatic heterocycles. The van der Waals surface area contributed by atoms with Crippen LogP contribution in [0.4, 0.5) is 18.9 Å². The van der Waals surface area contributed by atoms with Crippen molar-refractivity contribution < 1.29 is 22.7 Å². The Morgan fingerprint density at radius 2 is 1.72 bits per heavy atom. The summed E-state index contributed by atoms with van der Waals surface area (Å²) in [6.45, 7) is 5.72. The molecule has 0 saturated carbocycles. The second kappa shape index (κ2) is 8.03. The number of para-hydroxylation sites is 1. The van der Waals surface area contributed by atoms with Crippen LogP contribution in [-0.4, -0.2) is 17.1 Å². The number of hydrogen-bond acceptors (Lipinski definition) is 2. The maximum Gasteiger partial charge on any atom is 0.418 e. The smallest absolute Gasteiger partial charge is 0.418 e. The highest BCUT2D eigenvalue weighted by molar-refractivity contribution is 6.05. The Morgan fingerprint density at radius 3 is 2.34 bits per heavy atom. The normalized spacial score (nSPS) is 11.4. The van der Waals surface area contributed by atoms with Gasteiger partial charge in [0.2, 0.25) is 0 Å². The average molecular weight is 402 g/mol. The molecule has 4 nitrogen and oxygen atoms in total. The molecule has 0 aliphatic rings. The third-order valence-electron chi connectivity index (χ3n) is 4.55. The number of benzene rings is 2. The third kappa shape index (κ3) is 4.29. The molecule has 3 aromatic rings. The number of aromatic nitrogens is 1. The maximum absolute atomic E-state index is 13.4.